The standard InChI is InChI=1S/C11H15BrN2O3S/c1-11(2,5-6-12)7-13-10(15)8-3-4-9(18-8)14(16)17/h3-4H,5-7H2,1-2H3,(H,13,15). The van der Waals surface area contributed by atoms with Crippen LogP contribution in [0.1, 0.15) is 29.9 Å². The summed E-state index contributed by atoms with van der Waals surface area (Å²) in [6.07, 6.45) is 0.942. The van der Waals surface area contributed by atoms with E-state index in [0.717, 1.165) is 23.1 Å². The zero-order valence-corrected chi connectivity index (χ0v) is 12.6. The maximum atomic E-state index is 11.8. The van der Waals surface area contributed by atoms with Crippen molar-refractivity contribution in [2.45, 2.75) is 20.3 Å². The summed E-state index contributed by atoms with van der Waals surface area (Å²) in [7, 11) is 0. The van der Waals surface area contributed by atoms with Crippen LogP contribution in [0.2, 0.25) is 0 Å². The number of nitrogens with one attached hydrogen (secondary N) is 1. The molecule has 1 amide bonds. The molecule has 0 atom stereocenters. The number of rotatable bonds is 6. The van der Waals surface area contributed by atoms with Crippen molar-refractivity contribution in [2.24, 2.45) is 5.41 Å². The molecule has 0 unspecified atom stereocenters. The van der Waals surface area contributed by atoms with Crippen LogP contribution < -0.4 is 5.32 Å². The van der Waals surface area contributed by atoms with Gasteiger partial charge in [0.1, 0.15) is 0 Å². The highest BCUT2D eigenvalue weighted by Crippen LogP contribution is 2.24. The topological polar surface area (TPSA) is 72.2 Å². The average molecular weight is 335 g/mol. The summed E-state index contributed by atoms with van der Waals surface area (Å²) >= 11 is 4.26. The lowest BCUT2D eigenvalue weighted by atomic mass is 9.90. The monoisotopic (exact) mass is 334 g/mol. The molecule has 0 aliphatic heterocycles. The van der Waals surface area contributed by atoms with Gasteiger partial charge in [0.15, 0.2) is 0 Å². The summed E-state index contributed by atoms with van der Waals surface area (Å²) in [6, 6.07) is 2.83. The molecule has 0 saturated carbocycles. The number of alkyl halides is 1. The van der Waals surface area contributed by atoms with Gasteiger partial charge in [0.2, 0.25) is 0 Å². The molecule has 0 bridgehead atoms. The highest BCUT2D eigenvalue weighted by atomic mass is 79.9. The molecule has 0 radical (unpaired) electrons. The molecule has 0 aromatic carbocycles. The lowest BCUT2D eigenvalue weighted by molar-refractivity contribution is -0.380. The maximum Gasteiger partial charge on any atom is 0.324 e. The Morgan fingerprint density at radius 1 is 1.56 bits per heavy atom. The summed E-state index contributed by atoms with van der Waals surface area (Å²) in [5.74, 6) is -0.254. The molecule has 0 saturated heterocycles. The molecule has 7 heteroatoms. The van der Waals surface area contributed by atoms with E-state index in [-0.39, 0.29) is 16.3 Å². The molecule has 100 valence electrons. The quantitative estimate of drug-likeness (QED) is 0.493. The minimum absolute atomic E-state index is 0.00233. The molecular weight excluding hydrogens is 320 g/mol. The molecule has 0 aliphatic rings. The van der Waals surface area contributed by atoms with Gasteiger partial charge >= 0.3 is 5.00 Å². The Bertz CT molecular complexity index is 445. The number of carbonyl (C=O) groups is 1. The zero-order chi connectivity index (χ0) is 13.8. The van der Waals surface area contributed by atoms with E-state index in [1.807, 2.05) is 0 Å². The molecule has 0 fully saturated rings. The molecule has 1 heterocycles. The third-order valence-electron chi connectivity index (χ3n) is 2.49. The van der Waals surface area contributed by atoms with Gasteiger partial charge in [-0.1, -0.05) is 41.1 Å². The van der Waals surface area contributed by atoms with Gasteiger partial charge in [-0.3, -0.25) is 14.9 Å². The minimum Gasteiger partial charge on any atom is -0.351 e. The van der Waals surface area contributed by atoms with Gasteiger partial charge in [0.25, 0.3) is 5.91 Å². The first-order chi connectivity index (χ1) is 8.35. The van der Waals surface area contributed by atoms with E-state index in [4.69, 9.17) is 0 Å². The summed E-state index contributed by atoms with van der Waals surface area (Å²) in [5.41, 5.74) is 0.00233. The Morgan fingerprint density at radius 3 is 2.72 bits per heavy atom. The van der Waals surface area contributed by atoms with Gasteiger partial charge in [0.05, 0.1) is 9.80 Å². The number of nitrogens with zero attached hydrogens (tertiary/aromatic N) is 1. The van der Waals surface area contributed by atoms with Crippen LogP contribution in [0.15, 0.2) is 12.1 Å². The minimum atomic E-state index is -0.490. The van der Waals surface area contributed by atoms with Gasteiger partial charge < -0.3 is 5.32 Å². The van der Waals surface area contributed by atoms with Crippen molar-refractivity contribution in [3.8, 4) is 0 Å². The van der Waals surface area contributed by atoms with Gasteiger partial charge in [-0.2, -0.15) is 0 Å². The first-order valence-electron chi connectivity index (χ1n) is 5.44. The van der Waals surface area contributed by atoms with Crippen LogP contribution in [-0.2, 0) is 0 Å². The Labute approximate surface area is 118 Å². The molecule has 0 spiro atoms. The van der Waals surface area contributed by atoms with Crippen LogP contribution in [0, 0.1) is 15.5 Å². The molecule has 0 aliphatic carbocycles. The van der Waals surface area contributed by atoms with E-state index in [1.54, 1.807) is 0 Å². The molecular formula is C11H15BrN2O3S. The Hall–Kier alpha value is -0.950. The fraction of sp³-hybridized carbons (Fsp3) is 0.545. The molecule has 5 nitrogen and oxygen atoms in total. The lowest BCUT2D eigenvalue weighted by Crippen LogP contribution is -2.33. The highest BCUT2D eigenvalue weighted by Gasteiger charge is 2.20. The number of nitro groups is 1. The normalized spacial score (nSPS) is 11.3. The summed E-state index contributed by atoms with van der Waals surface area (Å²) < 4.78 is 0. The summed E-state index contributed by atoms with van der Waals surface area (Å²) in [5, 5.41) is 14.2. The van der Waals surface area contributed by atoms with E-state index >= 15 is 0 Å². The maximum absolute atomic E-state index is 11.8. The molecule has 1 aromatic rings. The van der Waals surface area contributed by atoms with E-state index < -0.39 is 4.92 Å². The predicted molar refractivity (Wildman–Crippen MR) is 75.5 cm³/mol. The van der Waals surface area contributed by atoms with Crippen molar-refractivity contribution in [1.29, 1.82) is 0 Å². The lowest BCUT2D eigenvalue weighted by Gasteiger charge is -2.23. The zero-order valence-electron chi connectivity index (χ0n) is 10.2. The van der Waals surface area contributed by atoms with E-state index in [2.05, 4.69) is 35.1 Å². The van der Waals surface area contributed by atoms with Crippen molar-refractivity contribution in [2.75, 3.05) is 11.9 Å². The number of hydrogen-bond acceptors (Lipinski definition) is 4. The largest absolute Gasteiger partial charge is 0.351 e. The van der Waals surface area contributed by atoms with Crippen LogP contribution in [0.25, 0.3) is 0 Å². The van der Waals surface area contributed by atoms with Crippen LogP contribution in [0.5, 0.6) is 0 Å². The van der Waals surface area contributed by atoms with Gasteiger partial charge in [0, 0.05) is 17.9 Å². The smallest absolute Gasteiger partial charge is 0.324 e. The average Bonchev–Trinajstić information content (AvgIpc) is 2.75. The van der Waals surface area contributed by atoms with Crippen molar-refractivity contribution < 1.29 is 9.72 Å². The summed E-state index contributed by atoms with van der Waals surface area (Å²) in [4.78, 5) is 22.2. The summed E-state index contributed by atoms with van der Waals surface area (Å²) in [6.45, 7) is 4.67. The molecule has 1 aromatic heterocycles. The predicted octanol–water partition coefficient (Wildman–Crippen LogP) is 3.20. The van der Waals surface area contributed by atoms with E-state index in [1.165, 1.54) is 12.1 Å². The van der Waals surface area contributed by atoms with Crippen molar-refractivity contribution >= 4 is 38.2 Å². The first-order valence-corrected chi connectivity index (χ1v) is 7.38. The van der Waals surface area contributed by atoms with Crippen molar-refractivity contribution in [3.05, 3.63) is 27.1 Å². The Morgan fingerprint density at radius 2 is 2.22 bits per heavy atom. The number of thiophene rings is 1. The van der Waals surface area contributed by atoms with Crippen molar-refractivity contribution in [3.63, 3.8) is 0 Å². The van der Waals surface area contributed by atoms with Gasteiger partial charge in [-0.25, -0.2) is 0 Å². The van der Waals surface area contributed by atoms with Crippen LogP contribution >= 0.6 is 27.3 Å². The first kappa shape index (κ1) is 15.1. The third kappa shape index (κ3) is 4.38. The second-order valence-corrected chi connectivity index (χ2v) is 6.54. The number of halogens is 1. The fourth-order valence-electron chi connectivity index (χ4n) is 1.30. The number of hydrogen-bond donors (Lipinski definition) is 1. The third-order valence-corrected chi connectivity index (χ3v) is 3.93. The second-order valence-electron chi connectivity index (χ2n) is 4.68. The van der Waals surface area contributed by atoms with Gasteiger partial charge in [-0.15, -0.1) is 0 Å². The van der Waals surface area contributed by atoms with E-state index in [0.29, 0.717) is 11.4 Å². The van der Waals surface area contributed by atoms with Crippen molar-refractivity contribution in [1.82, 2.24) is 5.32 Å². The van der Waals surface area contributed by atoms with Crippen LogP contribution in [0.3, 0.4) is 0 Å². The number of carbonyl (C=O) groups excluding carboxylic acids is 1. The number of amides is 1. The molecule has 18 heavy (non-hydrogen) atoms. The highest BCUT2D eigenvalue weighted by molar-refractivity contribution is 9.09. The van der Waals surface area contributed by atoms with Crippen LogP contribution in [-0.4, -0.2) is 22.7 Å². The van der Waals surface area contributed by atoms with E-state index in [9.17, 15) is 14.9 Å². The second kappa shape index (κ2) is 6.29. The van der Waals surface area contributed by atoms with Crippen LogP contribution in [0.4, 0.5) is 5.00 Å². The van der Waals surface area contributed by atoms with Gasteiger partial charge in [-0.05, 0) is 17.9 Å². The molecule has 1 N–H and O–H groups in total. The Balaban J connectivity index is 2.57. The molecule has 1 rings (SSSR count). The SMILES string of the molecule is CC(C)(CCBr)CNC(=O)c1ccc([N+](=O)[O-])s1. The fourth-order valence-corrected chi connectivity index (χ4v) is 3.11. The Kier molecular flexibility index (Phi) is 5.28.